The number of aromatic nitrogens is 3. The maximum absolute atomic E-state index is 13.5. The third-order valence-corrected chi connectivity index (χ3v) is 5.59. The quantitative estimate of drug-likeness (QED) is 0.482. The van der Waals surface area contributed by atoms with Crippen molar-refractivity contribution in [3.8, 4) is 11.5 Å². The Balaban J connectivity index is 1.44. The first kappa shape index (κ1) is 20.6. The van der Waals surface area contributed by atoms with Gasteiger partial charge in [0.2, 0.25) is 0 Å². The van der Waals surface area contributed by atoms with Crippen LogP contribution in [0, 0.1) is 0 Å². The lowest BCUT2D eigenvalue weighted by atomic mass is 10.1. The second-order valence-corrected chi connectivity index (χ2v) is 7.66. The van der Waals surface area contributed by atoms with Gasteiger partial charge in [0, 0.05) is 5.56 Å². The monoisotopic (exact) mass is 441 g/mol. The highest BCUT2D eigenvalue weighted by Gasteiger charge is 2.27. The molecule has 4 aromatic rings. The minimum absolute atomic E-state index is 0.0907. The Hall–Kier alpha value is -4.33. The molecule has 0 unspecified atom stereocenters. The van der Waals surface area contributed by atoms with Gasteiger partial charge in [-0.1, -0.05) is 29.5 Å². The molecule has 0 saturated heterocycles. The molecule has 1 aromatic heterocycles. The predicted octanol–water partition coefficient (Wildman–Crippen LogP) is 4.25. The molecule has 0 fully saturated rings. The number of ether oxygens (including phenoxy) is 2. The number of carbonyl (C=O) groups excluding carboxylic acids is 1. The lowest BCUT2D eigenvalue weighted by Gasteiger charge is -2.21. The molecule has 33 heavy (non-hydrogen) atoms. The number of fused-ring (bicyclic) bond motifs is 2. The van der Waals surface area contributed by atoms with Crippen LogP contribution < -0.4 is 19.7 Å². The lowest BCUT2D eigenvalue weighted by Crippen LogP contribution is -2.30. The van der Waals surface area contributed by atoms with Gasteiger partial charge in [0.1, 0.15) is 17.2 Å². The molecule has 8 heteroatoms. The Morgan fingerprint density at radius 2 is 1.70 bits per heavy atom. The van der Waals surface area contributed by atoms with Crippen LogP contribution in [0.5, 0.6) is 11.5 Å². The standard InChI is InChI=1S/C25H23N5O3/c1-32-19-11-12-24(33-2)17(13-19)14-29-15-18(27-28-29)16-30-23-10-6-5-9-22(23)26-21-8-4-3-7-20(21)25(30)31/h3-13,15,26H,14,16H2,1-2H3. The number of benzene rings is 3. The van der Waals surface area contributed by atoms with Crippen LogP contribution in [0.15, 0.2) is 72.9 Å². The highest BCUT2D eigenvalue weighted by Crippen LogP contribution is 2.36. The molecule has 1 aliphatic heterocycles. The Morgan fingerprint density at radius 3 is 2.52 bits per heavy atom. The van der Waals surface area contributed by atoms with Gasteiger partial charge < -0.3 is 19.7 Å². The number of para-hydroxylation sites is 3. The summed E-state index contributed by atoms with van der Waals surface area (Å²) in [5, 5.41) is 12.0. The van der Waals surface area contributed by atoms with Gasteiger partial charge in [-0.15, -0.1) is 5.10 Å². The van der Waals surface area contributed by atoms with Crippen LogP contribution in [0.25, 0.3) is 0 Å². The highest BCUT2D eigenvalue weighted by atomic mass is 16.5. The Labute approximate surface area is 191 Å². The van der Waals surface area contributed by atoms with Crippen LogP contribution in [0.3, 0.4) is 0 Å². The molecule has 0 spiro atoms. The summed E-state index contributed by atoms with van der Waals surface area (Å²) in [7, 11) is 3.26. The predicted molar refractivity (Wildman–Crippen MR) is 125 cm³/mol. The van der Waals surface area contributed by atoms with Crippen molar-refractivity contribution in [3.05, 3.63) is 89.7 Å². The van der Waals surface area contributed by atoms with Crippen molar-refractivity contribution in [1.29, 1.82) is 0 Å². The zero-order valence-corrected chi connectivity index (χ0v) is 18.4. The number of carbonyl (C=O) groups is 1. The average Bonchev–Trinajstić information content (AvgIpc) is 3.25. The number of anilines is 3. The van der Waals surface area contributed by atoms with Gasteiger partial charge in [0.05, 0.1) is 56.1 Å². The van der Waals surface area contributed by atoms with Gasteiger partial charge >= 0.3 is 0 Å². The van der Waals surface area contributed by atoms with Crippen LogP contribution >= 0.6 is 0 Å². The molecule has 1 amide bonds. The van der Waals surface area contributed by atoms with Crippen LogP contribution in [-0.4, -0.2) is 35.1 Å². The average molecular weight is 441 g/mol. The lowest BCUT2D eigenvalue weighted by molar-refractivity contribution is 0.0986. The number of rotatable bonds is 6. The third-order valence-electron chi connectivity index (χ3n) is 5.59. The van der Waals surface area contributed by atoms with Crippen LogP contribution in [0.4, 0.5) is 17.1 Å². The van der Waals surface area contributed by atoms with E-state index in [4.69, 9.17) is 9.47 Å². The van der Waals surface area contributed by atoms with E-state index in [0.29, 0.717) is 24.3 Å². The first-order chi connectivity index (χ1) is 16.2. The van der Waals surface area contributed by atoms with Gasteiger partial charge in [-0.25, -0.2) is 4.68 Å². The number of hydrogen-bond donors (Lipinski definition) is 1. The molecule has 5 rings (SSSR count). The summed E-state index contributed by atoms with van der Waals surface area (Å²) >= 11 is 0. The summed E-state index contributed by atoms with van der Waals surface area (Å²) in [6.45, 7) is 0.753. The van der Waals surface area contributed by atoms with Crippen molar-refractivity contribution in [3.63, 3.8) is 0 Å². The van der Waals surface area contributed by atoms with Crippen LogP contribution in [-0.2, 0) is 13.1 Å². The number of nitrogens with one attached hydrogen (secondary N) is 1. The number of hydrogen-bond acceptors (Lipinski definition) is 6. The van der Waals surface area contributed by atoms with Gasteiger partial charge in [0.25, 0.3) is 5.91 Å². The molecule has 1 aliphatic rings. The fraction of sp³-hybridized carbons (Fsp3) is 0.160. The van der Waals surface area contributed by atoms with Crippen molar-refractivity contribution >= 4 is 23.0 Å². The van der Waals surface area contributed by atoms with E-state index in [1.807, 2.05) is 72.9 Å². The summed E-state index contributed by atoms with van der Waals surface area (Å²) in [5.41, 5.74) is 4.66. The van der Waals surface area contributed by atoms with Crippen LogP contribution in [0.1, 0.15) is 21.6 Å². The minimum Gasteiger partial charge on any atom is -0.497 e. The van der Waals surface area contributed by atoms with Crippen molar-refractivity contribution in [2.45, 2.75) is 13.1 Å². The van der Waals surface area contributed by atoms with Crippen molar-refractivity contribution in [2.75, 3.05) is 24.4 Å². The first-order valence-electron chi connectivity index (χ1n) is 10.5. The van der Waals surface area contributed by atoms with Crippen molar-refractivity contribution in [1.82, 2.24) is 15.0 Å². The summed E-state index contributed by atoms with van der Waals surface area (Å²) in [6.07, 6.45) is 1.85. The Kier molecular flexibility index (Phi) is 5.40. The normalized spacial score (nSPS) is 12.4. The molecule has 0 radical (unpaired) electrons. The smallest absolute Gasteiger partial charge is 0.260 e. The second-order valence-electron chi connectivity index (χ2n) is 7.66. The molecule has 8 nitrogen and oxygen atoms in total. The fourth-order valence-corrected chi connectivity index (χ4v) is 3.98. The topological polar surface area (TPSA) is 81.5 Å². The molecule has 166 valence electrons. The first-order valence-corrected chi connectivity index (χ1v) is 10.5. The number of methoxy groups -OCH3 is 2. The fourth-order valence-electron chi connectivity index (χ4n) is 3.98. The van der Waals surface area contributed by atoms with E-state index in [0.717, 1.165) is 34.1 Å². The van der Waals surface area contributed by atoms with E-state index in [2.05, 4.69) is 15.6 Å². The Bertz CT molecular complexity index is 1320. The van der Waals surface area contributed by atoms with Crippen molar-refractivity contribution < 1.29 is 14.3 Å². The van der Waals surface area contributed by atoms with E-state index in [1.54, 1.807) is 23.8 Å². The van der Waals surface area contributed by atoms with Gasteiger partial charge in [-0.05, 0) is 42.5 Å². The molecule has 2 heterocycles. The molecule has 3 aromatic carbocycles. The zero-order chi connectivity index (χ0) is 22.8. The van der Waals surface area contributed by atoms with Gasteiger partial charge in [-0.3, -0.25) is 4.79 Å². The van der Waals surface area contributed by atoms with E-state index < -0.39 is 0 Å². The molecular formula is C25H23N5O3. The van der Waals surface area contributed by atoms with E-state index in [1.165, 1.54) is 0 Å². The van der Waals surface area contributed by atoms with Gasteiger partial charge in [0.15, 0.2) is 0 Å². The molecule has 0 aliphatic carbocycles. The molecule has 1 N–H and O–H groups in total. The molecular weight excluding hydrogens is 418 g/mol. The number of nitrogens with zero attached hydrogens (tertiary/aromatic N) is 4. The van der Waals surface area contributed by atoms with E-state index >= 15 is 0 Å². The summed E-state index contributed by atoms with van der Waals surface area (Å²) < 4.78 is 12.5. The number of amides is 1. The maximum Gasteiger partial charge on any atom is 0.260 e. The maximum atomic E-state index is 13.5. The van der Waals surface area contributed by atoms with E-state index in [-0.39, 0.29) is 5.91 Å². The molecule has 0 saturated carbocycles. The van der Waals surface area contributed by atoms with E-state index in [9.17, 15) is 4.79 Å². The van der Waals surface area contributed by atoms with Crippen molar-refractivity contribution in [2.24, 2.45) is 0 Å². The second kappa shape index (κ2) is 8.66. The van der Waals surface area contributed by atoms with Gasteiger partial charge in [-0.2, -0.15) is 0 Å². The summed E-state index contributed by atoms with van der Waals surface area (Å²) in [5.74, 6) is 1.39. The third kappa shape index (κ3) is 3.98. The Morgan fingerprint density at radius 1 is 0.909 bits per heavy atom. The largest absolute Gasteiger partial charge is 0.497 e. The summed E-state index contributed by atoms with van der Waals surface area (Å²) in [4.78, 5) is 15.2. The summed E-state index contributed by atoms with van der Waals surface area (Å²) in [6, 6.07) is 20.9. The molecule has 0 atom stereocenters. The minimum atomic E-state index is -0.0907. The van der Waals surface area contributed by atoms with Crippen LogP contribution in [0.2, 0.25) is 0 Å². The highest BCUT2D eigenvalue weighted by molar-refractivity contribution is 6.13. The molecule has 0 bridgehead atoms. The zero-order valence-electron chi connectivity index (χ0n) is 18.4. The SMILES string of the molecule is COc1ccc(OC)c(Cn2cc(CN3C(=O)c4ccccc4Nc4ccccc43)nn2)c1.